The van der Waals surface area contributed by atoms with Crippen LogP contribution >= 0.6 is 0 Å². The highest BCUT2D eigenvalue weighted by atomic mass is 19.3. The van der Waals surface area contributed by atoms with Gasteiger partial charge in [-0.3, -0.25) is 0 Å². The van der Waals surface area contributed by atoms with Crippen molar-refractivity contribution in [3.8, 4) is 5.75 Å². The molecule has 0 amide bonds. The molecule has 2 nitrogen and oxygen atoms in total. The first-order chi connectivity index (χ1) is 7.57. The molecule has 1 saturated carbocycles. The van der Waals surface area contributed by atoms with Gasteiger partial charge >= 0.3 is 6.61 Å². The summed E-state index contributed by atoms with van der Waals surface area (Å²) in [7, 11) is 0. The zero-order chi connectivity index (χ0) is 11.8. The highest BCUT2D eigenvalue weighted by Gasteiger charge is 2.44. The van der Waals surface area contributed by atoms with E-state index in [1.165, 1.54) is 0 Å². The van der Waals surface area contributed by atoms with Crippen LogP contribution in [0.4, 0.5) is 8.78 Å². The summed E-state index contributed by atoms with van der Waals surface area (Å²) in [5.41, 5.74) is 0.961. The molecule has 0 heterocycles. The van der Waals surface area contributed by atoms with Gasteiger partial charge < -0.3 is 9.53 Å². The zero-order valence-electron chi connectivity index (χ0n) is 8.87. The summed E-state index contributed by atoms with van der Waals surface area (Å²) in [5.74, 6) is 0.153. The van der Waals surface area contributed by atoms with E-state index in [4.69, 9.17) is 0 Å². The molecule has 0 unspecified atom stereocenters. The molecule has 1 aromatic carbocycles. The smallest absolute Gasteiger partial charge is 0.387 e. The van der Waals surface area contributed by atoms with Crippen LogP contribution in [0.25, 0.3) is 0 Å². The van der Waals surface area contributed by atoms with Crippen LogP contribution in [0.3, 0.4) is 0 Å². The second-order valence-electron chi connectivity index (χ2n) is 4.13. The molecule has 0 aromatic heterocycles. The van der Waals surface area contributed by atoms with Crippen LogP contribution in [0, 0.1) is 6.92 Å². The minimum atomic E-state index is -2.83. The van der Waals surface area contributed by atoms with Gasteiger partial charge in [-0.25, -0.2) is 0 Å². The quantitative estimate of drug-likeness (QED) is 0.738. The van der Waals surface area contributed by atoms with Gasteiger partial charge in [-0.2, -0.15) is 8.78 Å². The van der Waals surface area contributed by atoms with E-state index >= 15 is 0 Å². The molecule has 0 N–H and O–H groups in total. The molecule has 0 bridgehead atoms. The van der Waals surface area contributed by atoms with Gasteiger partial charge in [-0.05, 0) is 37.0 Å². The summed E-state index contributed by atoms with van der Waals surface area (Å²) < 4.78 is 28.7. The van der Waals surface area contributed by atoms with Crippen LogP contribution in [0.5, 0.6) is 5.75 Å². The molecule has 0 radical (unpaired) electrons. The van der Waals surface area contributed by atoms with Crippen molar-refractivity contribution in [1.29, 1.82) is 0 Å². The highest BCUT2D eigenvalue weighted by Crippen LogP contribution is 2.47. The predicted octanol–water partition coefficient (Wildman–Crippen LogP) is 2.83. The van der Waals surface area contributed by atoms with Crippen LogP contribution in [-0.4, -0.2) is 12.9 Å². The number of carbonyl (C=O) groups excluding carboxylic acids is 1. The van der Waals surface area contributed by atoms with E-state index in [1.54, 1.807) is 25.1 Å². The first kappa shape index (κ1) is 11.0. The first-order valence-corrected chi connectivity index (χ1v) is 5.10. The summed E-state index contributed by atoms with van der Waals surface area (Å²) in [6, 6.07) is 5.05. The van der Waals surface area contributed by atoms with Crippen molar-refractivity contribution in [1.82, 2.24) is 0 Å². The Balaban J connectivity index is 2.32. The molecule has 1 aromatic rings. The molecule has 0 saturated heterocycles. The lowest BCUT2D eigenvalue weighted by atomic mass is 9.96. The molecule has 2 rings (SSSR count). The molecule has 1 aliphatic rings. The Morgan fingerprint density at radius 1 is 1.44 bits per heavy atom. The molecular formula is C12H12F2O2. The lowest BCUT2D eigenvalue weighted by molar-refractivity contribution is -0.109. The van der Waals surface area contributed by atoms with Gasteiger partial charge in [0.2, 0.25) is 0 Å². The van der Waals surface area contributed by atoms with Crippen LogP contribution in [0.2, 0.25) is 0 Å². The largest absolute Gasteiger partial charge is 0.435 e. The molecule has 1 aliphatic carbocycles. The Hall–Kier alpha value is -1.45. The number of benzene rings is 1. The van der Waals surface area contributed by atoms with Crippen LogP contribution in [0.1, 0.15) is 24.0 Å². The van der Waals surface area contributed by atoms with Crippen molar-refractivity contribution in [3.05, 3.63) is 29.3 Å². The normalized spacial score (nSPS) is 17.2. The van der Waals surface area contributed by atoms with Crippen molar-refractivity contribution in [2.45, 2.75) is 31.8 Å². The number of alkyl halides is 2. The Morgan fingerprint density at radius 2 is 2.12 bits per heavy atom. The number of aldehydes is 1. The number of hydrogen-bond donors (Lipinski definition) is 0. The monoisotopic (exact) mass is 226 g/mol. The van der Waals surface area contributed by atoms with E-state index < -0.39 is 12.0 Å². The van der Waals surface area contributed by atoms with Gasteiger partial charge in [0.15, 0.2) is 0 Å². The summed E-state index contributed by atoms with van der Waals surface area (Å²) >= 11 is 0. The highest BCUT2D eigenvalue weighted by molar-refractivity contribution is 5.73. The predicted molar refractivity (Wildman–Crippen MR) is 54.8 cm³/mol. The molecule has 0 atom stereocenters. The van der Waals surface area contributed by atoms with E-state index in [2.05, 4.69) is 4.74 Å². The fourth-order valence-corrected chi connectivity index (χ4v) is 1.74. The average Bonchev–Trinajstić information content (AvgIpc) is 3.01. The van der Waals surface area contributed by atoms with Gasteiger partial charge in [0.05, 0.1) is 5.41 Å². The third kappa shape index (κ3) is 1.92. The maximum Gasteiger partial charge on any atom is 0.387 e. The summed E-state index contributed by atoms with van der Waals surface area (Å²) in [4.78, 5) is 10.9. The maximum absolute atomic E-state index is 12.1. The maximum atomic E-state index is 12.1. The second-order valence-corrected chi connectivity index (χ2v) is 4.13. The van der Waals surface area contributed by atoms with Crippen molar-refractivity contribution in [2.24, 2.45) is 0 Å². The third-order valence-corrected chi connectivity index (χ3v) is 2.99. The number of rotatable bonds is 4. The Labute approximate surface area is 92.2 Å². The van der Waals surface area contributed by atoms with Crippen LogP contribution < -0.4 is 4.74 Å². The number of carbonyl (C=O) groups is 1. The van der Waals surface area contributed by atoms with Crippen molar-refractivity contribution in [2.75, 3.05) is 0 Å². The molecule has 4 heteroatoms. The number of ether oxygens (including phenoxy) is 1. The fourth-order valence-electron chi connectivity index (χ4n) is 1.74. The number of halogens is 2. The van der Waals surface area contributed by atoms with Crippen molar-refractivity contribution >= 4 is 6.29 Å². The zero-order valence-corrected chi connectivity index (χ0v) is 8.87. The SMILES string of the molecule is Cc1ccc(C2(C=O)CC2)cc1OC(F)F. The number of aryl methyl sites for hydroxylation is 1. The van der Waals surface area contributed by atoms with E-state index in [0.717, 1.165) is 24.7 Å². The van der Waals surface area contributed by atoms with Crippen molar-refractivity contribution in [3.63, 3.8) is 0 Å². The van der Waals surface area contributed by atoms with Gasteiger partial charge in [0.1, 0.15) is 12.0 Å². The molecule has 16 heavy (non-hydrogen) atoms. The molecule has 86 valence electrons. The van der Waals surface area contributed by atoms with Gasteiger partial charge in [0.25, 0.3) is 0 Å². The Kier molecular flexibility index (Phi) is 2.66. The molecule has 1 fully saturated rings. The second kappa shape index (κ2) is 3.85. The lowest BCUT2D eigenvalue weighted by Gasteiger charge is -2.12. The minimum absolute atomic E-state index is 0.153. The molecule has 0 spiro atoms. The van der Waals surface area contributed by atoms with E-state index in [9.17, 15) is 13.6 Å². The Morgan fingerprint density at radius 3 is 2.62 bits per heavy atom. The minimum Gasteiger partial charge on any atom is -0.435 e. The summed E-state index contributed by atoms with van der Waals surface area (Å²) in [6.07, 6.45) is 2.46. The lowest BCUT2D eigenvalue weighted by Crippen LogP contribution is -2.09. The molecular weight excluding hydrogens is 214 g/mol. The average molecular weight is 226 g/mol. The van der Waals surface area contributed by atoms with E-state index in [-0.39, 0.29) is 5.75 Å². The van der Waals surface area contributed by atoms with E-state index in [0.29, 0.717) is 5.56 Å². The van der Waals surface area contributed by atoms with Crippen LogP contribution in [0.15, 0.2) is 18.2 Å². The summed E-state index contributed by atoms with van der Waals surface area (Å²) in [6.45, 7) is -1.14. The third-order valence-electron chi connectivity index (χ3n) is 2.99. The summed E-state index contributed by atoms with van der Waals surface area (Å²) in [5, 5.41) is 0. The standard InChI is InChI=1S/C12H12F2O2/c1-8-2-3-9(12(7-15)4-5-12)6-10(8)16-11(13)14/h2-3,6-7,11H,4-5H2,1H3. The van der Waals surface area contributed by atoms with Gasteiger partial charge in [0, 0.05) is 0 Å². The van der Waals surface area contributed by atoms with Crippen LogP contribution in [-0.2, 0) is 10.2 Å². The van der Waals surface area contributed by atoms with Gasteiger partial charge in [-0.1, -0.05) is 12.1 Å². The fraction of sp³-hybridized carbons (Fsp3) is 0.417. The topological polar surface area (TPSA) is 26.3 Å². The number of hydrogen-bond acceptors (Lipinski definition) is 2. The Bertz CT molecular complexity index is 411. The molecule has 0 aliphatic heterocycles. The first-order valence-electron chi connectivity index (χ1n) is 5.10. The van der Waals surface area contributed by atoms with E-state index in [1.807, 2.05) is 0 Å². The van der Waals surface area contributed by atoms with Gasteiger partial charge in [-0.15, -0.1) is 0 Å². The van der Waals surface area contributed by atoms with Crippen molar-refractivity contribution < 1.29 is 18.3 Å².